The second-order valence-corrected chi connectivity index (χ2v) is 2.77. The molecule has 0 aromatic heterocycles. The minimum Gasteiger partial charge on any atom is -0.480 e. The fourth-order valence-corrected chi connectivity index (χ4v) is 0.863. The first-order valence-corrected chi connectivity index (χ1v) is 3.78. The third-order valence-corrected chi connectivity index (χ3v) is 1.76. The van der Waals surface area contributed by atoms with Crippen LogP contribution >= 0.6 is 0 Å². The molecule has 4 heteroatoms. The Morgan fingerprint density at radius 2 is 2.18 bits per heavy atom. The van der Waals surface area contributed by atoms with Gasteiger partial charge < -0.3 is 16.6 Å². The highest BCUT2D eigenvalue weighted by atomic mass is 16.4. The van der Waals surface area contributed by atoms with Gasteiger partial charge in [-0.25, -0.2) is 0 Å². The summed E-state index contributed by atoms with van der Waals surface area (Å²) in [6.45, 7) is 2.42. The van der Waals surface area contributed by atoms with Crippen molar-refractivity contribution in [3.05, 3.63) is 0 Å². The van der Waals surface area contributed by atoms with Crippen LogP contribution in [0.3, 0.4) is 0 Å². The molecular formula is C7H16N2O2. The summed E-state index contributed by atoms with van der Waals surface area (Å²) in [5.74, 6) is -0.925. The van der Waals surface area contributed by atoms with Crippen LogP contribution in [0, 0.1) is 5.92 Å². The Labute approximate surface area is 66.6 Å². The van der Waals surface area contributed by atoms with E-state index in [9.17, 15) is 4.79 Å². The highest BCUT2D eigenvalue weighted by Gasteiger charge is 2.18. The molecule has 66 valence electrons. The minimum atomic E-state index is -0.936. The molecule has 11 heavy (non-hydrogen) atoms. The van der Waals surface area contributed by atoms with Crippen LogP contribution in [0.1, 0.15) is 19.8 Å². The molecule has 0 heterocycles. The predicted molar refractivity (Wildman–Crippen MR) is 43.1 cm³/mol. The summed E-state index contributed by atoms with van der Waals surface area (Å²) in [4.78, 5) is 10.3. The van der Waals surface area contributed by atoms with Gasteiger partial charge in [-0.1, -0.05) is 6.92 Å². The van der Waals surface area contributed by atoms with Crippen LogP contribution < -0.4 is 11.5 Å². The molecular weight excluding hydrogens is 144 g/mol. The number of aliphatic carboxylic acids is 1. The van der Waals surface area contributed by atoms with E-state index < -0.39 is 12.0 Å². The molecule has 0 fully saturated rings. The lowest BCUT2D eigenvalue weighted by atomic mass is 9.97. The number of hydrogen-bond donors (Lipinski definition) is 3. The molecule has 0 aromatic rings. The first-order chi connectivity index (χ1) is 5.09. The number of carbonyl (C=O) groups is 1. The lowest BCUT2D eigenvalue weighted by molar-refractivity contribution is -0.139. The maximum absolute atomic E-state index is 10.3. The van der Waals surface area contributed by atoms with Crippen molar-refractivity contribution in [1.29, 1.82) is 0 Å². The molecule has 0 saturated carbocycles. The normalized spacial score (nSPS) is 15.9. The van der Waals surface area contributed by atoms with E-state index >= 15 is 0 Å². The summed E-state index contributed by atoms with van der Waals surface area (Å²) in [6.07, 6.45) is 1.62. The van der Waals surface area contributed by atoms with Crippen molar-refractivity contribution in [2.45, 2.75) is 25.8 Å². The van der Waals surface area contributed by atoms with Gasteiger partial charge in [-0.05, 0) is 25.3 Å². The van der Waals surface area contributed by atoms with E-state index in [1.807, 2.05) is 6.92 Å². The van der Waals surface area contributed by atoms with Crippen molar-refractivity contribution in [3.8, 4) is 0 Å². The molecule has 0 amide bonds. The molecule has 0 aliphatic heterocycles. The number of hydrogen-bond acceptors (Lipinski definition) is 3. The van der Waals surface area contributed by atoms with Crippen molar-refractivity contribution >= 4 is 5.97 Å². The van der Waals surface area contributed by atoms with Gasteiger partial charge in [-0.2, -0.15) is 0 Å². The fraction of sp³-hybridized carbons (Fsp3) is 0.857. The van der Waals surface area contributed by atoms with Crippen LogP contribution in [0.5, 0.6) is 0 Å². The first-order valence-electron chi connectivity index (χ1n) is 3.78. The number of nitrogens with two attached hydrogens (primary N) is 2. The summed E-state index contributed by atoms with van der Waals surface area (Å²) in [5, 5.41) is 8.50. The third kappa shape index (κ3) is 3.95. The zero-order valence-corrected chi connectivity index (χ0v) is 6.79. The summed E-state index contributed by atoms with van der Waals surface area (Å²) in [5.41, 5.74) is 10.6. The van der Waals surface area contributed by atoms with Gasteiger partial charge in [0.05, 0.1) is 0 Å². The Morgan fingerprint density at radius 1 is 1.64 bits per heavy atom. The van der Waals surface area contributed by atoms with E-state index in [-0.39, 0.29) is 5.92 Å². The molecule has 4 nitrogen and oxygen atoms in total. The van der Waals surface area contributed by atoms with Crippen LogP contribution in [-0.4, -0.2) is 23.7 Å². The summed E-state index contributed by atoms with van der Waals surface area (Å²) < 4.78 is 0. The highest BCUT2D eigenvalue weighted by Crippen LogP contribution is 2.08. The van der Waals surface area contributed by atoms with E-state index in [4.69, 9.17) is 16.6 Å². The average Bonchev–Trinajstić information content (AvgIpc) is 1.98. The maximum Gasteiger partial charge on any atom is 0.320 e. The molecule has 2 atom stereocenters. The van der Waals surface area contributed by atoms with Gasteiger partial charge >= 0.3 is 5.97 Å². The van der Waals surface area contributed by atoms with Crippen molar-refractivity contribution in [2.24, 2.45) is 17.4 Å². The van der Waals surface area contributed by atoms with Crippen LogP contribution in [-0.2, 0) is 4.79 Å². The zero-order valence-electron chi connectivity index (χ0n) is 6.79. The number of carboxylic acid groups (broad SMARTS) is 1. The molecule has 0 aliphatic rings. The van der Waals surface area contributed by atoms with Crippen molar-refractivity contribution in [2.75, 3.05) is 6.54 Å². The molecule has 0 unspecified atom stereocenters. The third-order valence-electron chi connectivity index (χ3n) is 1.76. The van der Waals surface area contributed by atoms with Gasteiger partial charge in [0.15, 0.2) is 0 Å². The quantitative estimate of drug-likeness (QED) is 0.518. The molecule has 0 rings (SSSR count). The molecule has 0 radical (unpaired) electrons. The zero-order chi connectivity index (χ0) is 8.85. The van der Waals surface area contributed by atoms with Crippen molar-refractivity contribution < 1.29 is 9.90 Å². The van der Waals surface area contributed by atoms with E-state index in [1.165, 1.54) is 0 Å². The minimum absolute atomic E-state index is 0.0102. The molecule has 0 bridgehead atoms. The molecule has 0 saturated heterocycles. The number of rotatable bonds is 5. The second kappa shape index (κ2) is 5.09. The maximum atomic E-state index is 10.3. The lowest BCUT2D eigenvalue weighted by Crippen LogP contribution is -2.36. The molecule has 0 aromatic carbocycles. The fourth-order valence-electron chi connectivity index (χ4n) is 0.863. The van der Waals surface area contributed by atoms with Gasteiger partial charge in [0.2, 0.25) is 0 Å². The van der Waals surface area contributed by atoms with Crippen LogP contribution in [0.15, 0.2) is 0 Å². The second-order valence-electron chi connectivity index (χ2n) is 2.77. The van der Waals surface area contributed by atoms with Crippen LogP contribution in [0.2, 0.25) is 0 Å². The summed E-state index contributed by atoms with van der Waals surface area (Å²) >= 11 is 0. The Bertz CT molecular complexity index is 128. The summed E-state index contributed by atoms with van der Waals surface area (Å²) in [7, 11) is 0. The Hall–Kier alpha value is -0.610. The largest absolute Gasteiger partial charge is 0.480 e. The smallest absolute Gasteiger partial charge is 0.320 e. The number of carboxylic acids is 1. The highest BCUT2D eigenvalue weighted by molar-refractivity contribution is 5.73. The SMILES string of the molecule is C[C@@H](CCCN)[C@H](N)C(=O)O. The van der Waals surface area contributed by atoms with Crippen molar-refractivity contribution in [3.63, 3.8) is 0 Å². The molecule has 0 aliphatic carbocycles. The standard InChI is InChI=1S/C7H16N2O2/c1-5(3-2-4-8)6(9)7(10)11/h5-6H,2-4,8-9H2,1H3,(H,10,11)/t5-,6-/m0/s1. The summed E-state index contributed by atoms with van der Waals surface area (Å²) in [6, 6.07) is -0.749. The Balaban J connectivity index is 3.63. The average molecular weight is 160 g/mol. The van der Waals surface area contributed by atoms with Gasteiger partial charge in [-0.15, -0.1) is 0 Å². The van der Waals surface area contributed by atoms with Crippen molar-refractivity contribution in [1.82, 2.24) is 0 Å². The Morgan fingerprint density at radius 3 is 2.55 bits per heavy atom. The van der Waals surface area contributed by atoms with Gasteiger partial charge in [0, 0.05) is 0 Å². The predicted octanol–water partition coefficient (Wildman–Crippen LogP) is -0.227. The van der Waals surface area contributed by atoms with Gasteiger partial charge in [0.1, 0.15) is 6.04 Å². The van der Waals surface area contributed by atoms with E-state index in [0.29, 0.717) is 6.54 Å². The molecule has 5 N–H and O–H groups in total. The van der Waals surface area contributed by atoms with E-state index in [0.717, 1.165) is 12.8 Å². The lowest BCUT2D eigenvalue weighted by Gasteiger charge is -2.14. The van der Waals surface area contributed by atoms with Crippen LogP contribution in [0.25, 0.3) is 0 Å². The monoisotopic (exact) mass is 160 g/mol. The van der Waals surface area contributed by atoms with Gasteiger partial charge in [0.25, 0.3) is 0 Å². The van der Waals surface area contributed by atoms with E-state index in [1.54, 1.807) is 0 Å². The first kappa shape index (κ1) is 10.4. The Kier molecular flexibility index (Phi) is 4.81. The van der Waals surface area contributed by atoms with Gasteiger partial charge in [-0.3, -0.25) is 4.79 Å². The van der Waals surface area contributed by atoms with E-state index in [2.05, 4.69) is 0 Å². The van der Waals surface area contributed by atoms with Crippen LogP contribution in [0.4, 0.5) is 0 Å². The topological polar surface area (TPSA) is 89.3 Å². The molecule has 0 spiro atoms.